The average Bonchev–Trinajstić information content (AvgIpc) is 2.90. The zero-order valence-corrected chi connectivity index (χ0v) is 12.7. The van der Waals surface area contributed by atoms with E-state index in [2.05, 4.69) is 36.4 Å². The molecule has 1 spiro atoms. The van der Waals surface area contributed by atoms with Crippen molar-refractivity contribution in [2.24, 2.45) is 10.4 Å². The van der Waals surface area contributed by atoms with Gasteiger partial charge in [0.15, 0.2) is 5.96 Å². The van der Waals surface area contributed by atoms with Crippen molar-refractivity contribution < 1.29 is 4.74 Å². The fourth-order valence-corrected chi connectivity index (χ4v) is 3.73. The van der Waals surface area contributed by atoms with Gasteiger partial charge in [-0.3, -0.25) is 4.99 Å². The SMILES string of the molecule is CCN=C(NCC)NC1CC(OCC)C12CCCC2. The third kappa shape index (κ3) is 2.88. The van der Waals surface area contributed by atoms with E-state index in [-0.39, 0.29) is 0 Å². The molecule has 0 aromatic carbocycles. The van der Waals surface area contributed by atoms with Gasteiger partial charge in [-0.1, -0.05) is 12.8 Å². The van der Waals surface area contributed by atoms with E-state index in [1.165, 1.54) is 25.7 Å². The Morgan fingerprint density at radius 2 is 2.00 bits per heavy atom. The van der Waals surface area contributed by atoms with E-state index >= 15 is 0 Å². The van der Waals surface area contributed by atoms with Gasteiger partial charge < -0.3 is 15.4 Å². The summed E-state index contributed by atoms with van der Waals surface area (Å²) in [6.07, 6.45) is 6.90. The molecule has 4 nitrogen and oxygen atoms in total. The van der Waals surface area contributed by atoms with Crippen LogP contribution in [0.25, 0.3) is 0 Å². The number of hydrogen-bond donors (Lipinski definition) is 2. The normalized spacial score (nSPS) is 29.3. The molecule has 0 amide bonds. The summed E-state index contributed by atoms with van der Waals surface area (Å²) in [6.45, 7) is 8.87. The second kappa shape index (κ2) is 6.60. The summed E-state index contributed by atoms with van der Waals surface area (Å²) in [4.78, 5) is 4.51. The molecule has 2 aliphatic carbocycles. The number of nitrogens with one attached hydrogen (secondary N) is 2. The summed E-state index contributed by atoms with van der Waals surface area (Å²) in [6, 6.07) is 0.538. The van der Waals surface area contributed by atoms with E-state index < -0.39 is 0 Å². The highest BCUT2D eigenvalue weighted by Gasteiger charge is 2.56. The van der Waals surface area contributed by atoms with Gasteiger partial charge in [0.05, 0.1) is 6.10 Å². The Morgan fingerprint density at radius 1 is 1.26 bits per heavy atom. The van der Waals surface area contributed by atoms with Crippen LogP contribution in [0.4, 0.5) is 0 Å². The molecular formula is C15H29N3O. The molecule has 0 aliphatic heterocycles. The van der Waals surface area contributed by atoms with Crippen LogP contribution in [0.1, 0.15) is 52.9 Å². The van der Waals surface area contributed by atoms with E-state index in [9.17, 15) is 0 Å². The van der Waals surface area contributed by atoms with Crippen LogP contribution in [0.5, 0.6) is 0 Å². The smallest absolute Gasteiger partial charge is 0.191 e. The molecule has 2 unspecified atom stereocenters. The van der Waals surface area contributed by atoms with Crippen molar-refractivity contribution in [1.82, 2.24) is 10.6 Å². The first-order chi connectivity index (χ1) is 9.26. The van der Waals surface area contributed by atoms with Crippen LogP contribution in [-0.4, -0.2) is 37.8 Å². The van der Waals surface area contributed by atoms with Crippen LogP contribution < -0.4 is 10.6 Å². The van der Waals surface area contributed by atoms with E-state index in [4.69, 9.17) is 4.74 Å². The van der Waals surface area contributed by atoms with Gasteiger partial charge in [0.2, 0.25) is 0 Å². The quantitative estimate of drug-likeness (QED) is 0.593. The van der Waals surface area contributed by atoms with Crippen molar-refractivity contribution in [2.75, 3.05) is 19.7 Å². The van der Waals surface area contributed by atoms with Crippen molar-refractivity contribution in [1.29, 1.82) is 0 Å². The van der Waals surface area contributed by atoms with Gasteiger partial charge in [0.1, 0.15) is 0 Å². The lowest BCUT2D eigenvalue weighted by Gasteiger charge is -2.54. The topological polar surface area (TPSA) is 45.7 Å². The van der Waals surface area contributed by atoms with Gasteiger partial charge in [-0.05, 0) is 40.0 Å². The molecule has 0 saturated heterocycles. The Morgan fingerprint density at radius 3 is 2.58 bits per heavy atom. The number of hydrogen-bond acceptors (Lipinski definition) is 2. The highest BCUT2D eigenvalue weighted by molar-refractivity contribution is 5.80. The van der Waals surface area contributed by atoms with Crippen molar-refractivity contribution in [3.63, 3.8) is 0 Å². The number of rotatable bonds is 5. The number of nitrogens with zero attached hydrogens (tertiary/aromatic N) is 1. The summed E-state index contributed by atoms with van der Waals surface area (Å²) in [5, 5.41) is 6.97. The second-order valence-electron chi connectivity index (χ2n) is 5.67. The molecule has 110 valence electrons. The Hall–Kier alpha value is -0.770. The largest absolute Gasteiger partial charge is 0.378 e. The molecule has 4 heteroatoms. The van der Waals surface area contributed by atoms with Gasteiger partial charge in [-0.15, -0.1) is 0 Å². The summed E-state index contributed by atoms with van der Waals surface area (Å²) in [5.41, 5.74) is 0.375. The lowest BCUT2D eigenvalue weighted by Crippen LogP contribution is -2.65. The zero-order chi connectivity index (χ0) is 13.7. The van der Waals surface area contributed by atoms with Gasteiger partial charge in [0.25, 0.3) is 0 Å². The summed E-state index contributed by atoms with van der Waals surface area (Å²) in [7, 11) is 0. The maximum absolute atomic E-state index is 5.95. The molecule has 2 atom stereocenters. The first-order valence-electron chi connectivity index (χ1n) is 7.93. The second-order valence-corrected chi connectivity index (χ2v) is 5.67. The molecule has 2 fully saturated rings. The highest BCUT2D eigenvalue weighted by atomic mass is 16.5. The summed E-state index contributed by atoms with van der Waals surface area (Å²) in [5.74, 6) is 0.969. The molecule has 2 saturated carbocycles. The van der Waals surface area contributed by atoms with Gasteiger partial charge >= 0.3 is 0 Å². The maximum atomic E-state index is 5.95. The average molecular weight is 267 g/mol. The molecule has 0 bridgehead atoms. The molecule has 2 N–H and O–H groups in total. The predicted octanol–water partition coefficient (Wildman–Crippen LogP) is 2.30. The van der Waals surface area contributed by atoms with Crippen LogP contribution in [0.2, 0.25) is 0 Å². The number of ether oxygens (including phenoxy) is 1. The van der Waals surface area contributed by atoms with Crippen LogP contribution in [0.3, 0.4) is 0 Å². The zero-order valence-electron chi connectivity index (χ0n) is 12.7. The van der Waals surface area contributed by atoms with Crippen LogP contribution in [0.15, 0.2) is 4.99 Å². The molecule has 0 aromatic heterocycles. The van der Waals surface area contributed by atoms with Crippen LogP contribution >= 0.6 is 0 Å². The third-order valence-corrected chi connectivity index (χ3v) is 4.66. The maximum Gasteiger partial charge on any atom is 0.191 e. The fourth-order valence-electron chi connectivity index (χ4n) is 3.73. The van der Waals surface area contributed by atoms with Crippen LogP contribution in [-0.2, 0) is 4.74 Å². The first-order valence-corrected chi connectivity index (χ1v) is 7.93. The van der Waals surface area contributed by atoms with Crippen molar-refractivity contribution in [2.45, 2.75) is 65.0 Å². The fraction of sp³-hybridized carbons (Fsp3) is 0.933. The molecule has 2 rings (SSSR count). The van der Waals surface area contributed by atoms with Crippen molar-refractivity contribution in [3.05, 3.63) is 0 Å². The van der Waals surface area contributed by atoms with Gasteiger partial charge in [0, 0.05) is 31.2 Å². The number of guanidine groups is 1. The molecule has 2 aliphatic rings. The van der Waals surface area contributed by atoms with E-state index in [0.717, 1.165) is 32.1 Å². The van der Waals surface area contributed by atoms with Gasteiger partial charge in [-0.25, -0.2) is 0 Å². The van der Waals surface area contributed by atoms with Crippen LogP contribution in [0, 0.1) is 5.41 Å². The minimum absolute atomic E-state index is 0.375. The Bertz CT molecular complexity index is 311. The van der Waals surface area contributed by atoms with E-state index in [1.54, 1.807) is 0 Å². The molecule has 0 radical (unpaired) electrons. The van der Waals surface area contributed by atoms with Gasteiger partial charge in [-0.2, -0.15) is 0 Å². The minimum Gasteiger partial charge on any atom is -0.378 e. The molecule has 19 heavy (non-hydrogen) atoms. The Labute approximate surface area is 117 Å². The first kappa shape index (κ1) is 14.6. The Kier molecular flexibility index (Phi) is 5.08. The summed E-state index contributed by atoms with van der Waals surface area (Å²) >= 11 is 0. The highest BCUT2D eigenvalue weighted by Crippen LogP contribution is 2.54. The predicted molar refractivity (Wildman–Crippen MR) is 79.5 cm³/mol. The van der Waals surface area contributed by atoms with Crippen molar-refractivity contribution in [3.8, 4) is 0 Å². The van der Waals surface area contributed by atoms with E-state index in [1.807, 2.05) is 0 Å². The molecule has 0 heterocycles. The third-order valence-electron chi connectivity index (χ3n) is 4.66. The van der Waals surface area contributed by atoms with Crippen molar-refractivity contribution >= 4 is 5.96 Å². The number of aliphatic imine (C=N–C) groups is 1. The standard InChI is InChI=1S/C15H29N3O/c1-4-16-14(17-5-2)18-12-11-13(19-6-3)15(12)9-7-8-10-15/h12-13H,4-11H2,1-3H3,(H2,16,17,18). The van der Waals surface area contributed by atoms with E-state index in [0.29, 0.717) is 17.6 Å². The molecular weight excluding hydrogens is 238 g/mol. The monoisotopic (exact) mass is 267 g/mol. The minimum atomic E-state index is 0.375. The Balaban J connectivity index is 1.98. The lowest BCUT2D eigenvalue weighted by molar-refractivity contribution is -0.125. The molecule has 0 aromatic rings. The lowest BCUT2D eigenvalue weighted by atomic mass is 9.60. The summed E-state index contributed by atoms with van der Waals surface area (Å²) < 4.78 is 5.95.